The fourth-order valence-corrected chi connectivity index (χ4v) is 3.99. The minimum absolute atomic E-state index is 0.00624. The van der Waals surface area contributed by atoms with Crippen molar-refractivity contribution in [1.82, 2.24) is 29.7 Å². The first kappa shape index (κ1) is 23.8. The van der Waals surface area contributed by atoms with Gasteiger partial charge in [-0.1, -0.05) is 0 Å². The minimum atomic E-state index is -4.65. The number of pyridine rings is 1. The zero-order valence-electron chi connectivity index (χ0n) is 18.7. The van der Waals surface area contributed by atoms with E-state index in [1.165, 1.54) is 6.20 Å². The number of aromatic nitrogens is 6. The molecule has 3 aromatic rings. The Kier molecular flexibility index (Phi) is 5.73. The van der Waals surface area contributed by atoms with E-state index in [0.717, 1.165) is 16.9 Å². The topological polar surface area (TPSA) is 117 Å². The first-order valence-electron chi connectivity index (χ1n) is 11.2. The molecule has 0 spiro atoms. The fourth-order valence-electron chi connectivity index (χ4n) is 3.99. The van der Waals surface area contributed by atoms with Gasteiger partial charge in [0.15, 0.2) is 5.69 Å². The van der Waals surface area contributed by atoms with Crippen molar-refractivity contribution in [3.63, 3.8) is 0 Å². The summed E-state index contributed by atoms with van der Waals surface area (Å²) in [6.07, 6.45) is -0.869. The summed E-state index contributed by atoms with van der Waals surface area (Å²) in [6.45, 7) is 0. The van der Waals surface area contributed by atoms with Crippen LogP contribution in [-0.4, -0.2) is 41.7 Å². The third kappa shape index (κ3) is 5.05. The lowest BCUT2D eigenvalue weighted by atomic mass is 9.92. The number of halogens is 5. The van der Waals surface area contributed by atoms with E-state index in [4.69, 9.17) is 0 Å². The Balaban J connectivity index is 1.45. The normalized spacial score (nSPS) is 18.9. The molecule has 188 valence electrons. The molecule has 0 aromatic carbocycles. The largest absolute Gasteiger partial charge is 0.435 e. The minimum Gasteiger partial charge on any atom is -0.351 e. The highest BCUT2D eigenvalue weighted by molar-refractivity contribution is 5.56. The van der Waals surface area contributed by atoms with Gasteiger partial charge in [0.05, 0.1) is 17.2 Å². The van der Waals surface area contributed by atoms with Crippen molar-refractivity contribution in [1.29, 1.82) is 5.26 Å². The zero-order valence-corrected chi connectivity index (χ0v) is 18.7. The molecule has 0 radical (unpaired) electrons. The molecule has 9 nitrogen and oxygen atoms in total. The lowest BCUT2D eigenvalue weighted by Crippen LogP contribution is -2.32. The Bertz CT molecular complexity index is 1300. The number of nitrogens with zero attached hydrogens (tertiary/aromatic N) is 7. The zero-order chi connectivity index (χ0) is 25.6. The van der Waals surface area contributed by atoms with Crippen LogP contribution >= 0.6 is 0 Å². The van der Waals surface area contributed by atoms with E-state index in [1.807, 2.05) is 0 Å². The van der Waals surface area contributed by atoms with Gasteiger partial charge in [-0.25, -0.2) is 13.5 Å². The molecule has 2 fully saturated rings. The van der Waals surface area contributed by atoms with Gasteiger partial charge < -0.3 is 10.6 Å². The van der Waals surface area contributed by atoms with Crippen LogP contribution in [0.25, 0.3) is 5.95 Å². The average molecular weight is 505 g/mol. The van der Waals surface area contributed by atoms with Gasteiger partial charge in [0.2, 0.25) is 17.8 Å². The Morgan fingerprint density at radius 2 is 1.75 bits per heavy atom. The highest BCUT2D eigenvalue weighted by Gasteiger charge is 2.46. The van der Waals surface area contributed by atoms with E-state index in [1.54, 1.807) is 12.1 Å². The fraction of sp³-hybridized carbons (Fsp3) is 0.455. The maximum absolute atomic E-state index is 13.5. The van der Waals surface area contributed by atoms with E-state index < -0.39 is 23.2 Å². The molecule has 0 aliphatic heterocycles. The summed E-state index contributed by atoms with van der Waals surface area (Å²) >= 11 is 0. The standard InChI is InChI=1S/C22H20F5N9/c23-21(24)5-1-13(2-6-21)30-17-32-18(31-14-3-9-29-16(11-14)20(12-28)7-8-20)34-19(33-17)36-10-4-15(35-36)22(25,26)27/h3-4,9-11,13H,1-2,5-8H2,(H2,29,30,31,32,33,34). The summed E-state index contributed by atoms with van der Waals surface area (Å²) in [6, 6.07) is 6.04. The van der Waals surface area contributed by atoms with Crippen molar-refractivity contribution in [2.24, 2.45) is 0 Å². The molecule has 0 saturated heterocycles. The van der Waals surface area contributed by atoms with Gasteiger partial charge in [-0.3, -0.25) is 4.98 Å². The molecule has 14 heteroatoms. The van der Waals surface area contributed by atoms with E-state index in [-0.39, 0.29) is 49.6 Å². The molecular formula is C22H20F5N9. The predicted octanol–water partition coefficient (Wildman–Crippen LogP) is 4.76. The van der Waals surface area contributed by atoms with Crippen molar-refractivity contribution in [3.05, 3.63) is 42.0 Å². The second kappa shape index (κ2) is 8.65. The van der Waals surface area contributed by atoms with Crippen LogP contribution in [0.4, 0.5) is 39.5 Å². The summed E-state index contributed by atoms with van der Waals surface area (Å²) < 4.78 is 67.1. The summed E-state index contributed by atoms with van der Waals surface area (Å²) in [4.78, 5) is 16.9. The number of nitrogens with one attached hydrogen (secondary N) is 2. The Hall–Kier alpha value is -3.89. The average Bonchev–Trinajstić information content (AvgIpc) is 3.46. The lowest BCUT2D eigenvalue weighted by Gasteiger charge is -2.28. The number of alkyl halides is 5. The Labute approximate surface area is 201 Å². The van der Waals surface area contributed by atoms with Crippen molar-refractivity contribution in [2.75, 3.05) is 10.6 Å². The number of rotatable bonds is 6. The number of nitriles is 1. The van der Waals surface area contributed by atoms with E-state index in [2.05, 4.69) is 41.7 Å². The molecule has 3 aromatic heterocycles. The van der Waals surface area contributed by atoms with Crippen LogP contribution in [0.3, 0.4) is 0 Å². The molecule has 36 heavy (non-hydrogen) atoms. The predicted molar refractivity (Wildman–Crippen MR) is 117 cm³/mol. The van der Waals surface area contributed by atoms with Crippen LogP contribution in [0.5, 0.6) is 0 Å². The quantitative estimate of drug-likeness (QED) is 0.461. The van der Waals surface area contributed by atoms with E-state index in [0.29, 0.717) is 24.2 Å². The monoisotopic (exact) mass is 505 g/mol. The summed E-state index contributed by atoms with van der Waals surface area (Å²) in [5.74, 6) is -2.92. The van der Waals surface area contributed by atoms with Crippen LogP contribution < -0.4 is 10.6 Å². The van der Waals surface area contributed by atoms with E-state index >= 15 is 0 Å². The molecule has 3 heterocycles. The number of hydrogen-bond donors (Lipinski definition) is 2. The van der Waals surface area contributed by atoms with Crippen LogP contribution in [0.1, 0.15) is 49.9 Å². The number of hydrogen-bond acceptors (Lipinski definition) is 8. The van der Waals surface area contributed by atoms with Crippen molar-refractivity contribution in [2.45, 2.75) is 62.1 Å². The molecule has 2 saturated carbocycles. The molecular weight excluding hydrogens is 485 g/mol. The summed E-state index contributed by atoms with van der Waals surface area (Å²) in [5, 5.41) is 18.9. The van der Waals surface area contributed by atoms with Crippen LogP contribution in [0.2, 0.25) is 0 Å². The maximum atomic E-state index is 13.5. The smallest absolute Gasteiger partial charge is 0.351 e. The SMILES string of the molecule is N#CC1(c2cc(Nc3nc(NC4CCC(F)(F)CC4)nc(-n4ccc(C(F)(F)F)n4)n3)ccn2)CC1. The lowest BCUT2D eigenvalue weighted by molar-refractivity contribution is -0.141. The van der Waals surface area contributed by atoms with E-state index in [9.17, 15) is 27.2 Å². The van der Waals surface area contributed by atoms with Gasteiger partial charge in [0.1, 0.15) is 0 Å². The molecule has 0 amide bonds. The molecule has 0 bridgehead atoms. The molecule has 2 aliphatic rings. The van der Waals surface area contributed by atoms with Crippen LogP contribution in [0.15, 0.2) is 30.6 Å². The third-order valence-electron chi connectivity index (χ3n) is 6.23. The third-order valence-corrected chi connectivity index (χ3v) is 6.23. The van der Waals surface area contributed by atoms with Gasteiger partial charge in [-0.05, 0) is 43.9 Å². The highest BCUT2D eigenvalue weighted by atomic mass is 19.4. The van der Waals surface area contributed by atoms with Gasteiger partial charge in [-0.15, -0.1) is 0 Å². The second-order valence-electron chi connectivity index (χ2n) is 8.95. The second-order valence-corrected chi connectivity index (χ2v) is 8.95. The molecule has 2 aliphatic carbocycles. The Morgan fingerprint density at radius 3 is 2.39 bits per heavy atom. The van der Waals surface area contributed by atoms with Gasteiger partial charge in [0.25, 0.3) is 5.95 Å². The van der Waals surface area contributed by atoms with Crippen LogP contribution in [-0.2, 0) is 11.6 Å². The molecule has 2 N–H and O–H groups in total. The Morgan fingerprint density at radius 1 is 1.03 bits per heavy atom. The maximum Gasteiger partial charge on any atom is 0.435 e. The van der Waals surface area contributed by atoms with Gasteiger partial charge in [-0.2, -0.15) is 38.5 Å². The first-order chi connectivity index (χ1) is 17.1. The first-order valence-corrected chi connectivity index (χ1v) is 11.2. The number of anilines is 3. The molecule has 0 atom stereocenters. The molecule has 0 unspecified atom stereocenters. The molecule has 5 rings (SSSR count). The summed E-state index contributed by atoms with van der Waals surface area (Å²) in [5.41, 5.74) is -0.640. The van der Waals surface area contributed by atoms with Crippen molar-refractivity contribution < 1.29 is 22.0 Å². The van der Waals surface area contributed by atoms with Crippen molar-refractivity contribution >= 4 is 17.6 Å². The van der Waals surface area contributed by atoms with Gasteiger partial charge >= 0.3 is 6.18 Å². The van der Waals surface area contributed by atoms with Crippen molar-refractivity contribution in [3.8, 4) is 12.0 Å². The summed E-state index contributed by atoms with van der Waals surface area (Å²) in [7, 11) is 0. The van der Waals surface area contributed by atoms with Gasteiger partial charge in [0, 0.05) is 37.0 Å². The highest BCUT2D eigenvalue weighted by Crippen LogP contribution is 2.47. The van der Waals surface area contributed by atoms with Crippen LogP contribution in [0, 0.1) is 11.3 Å².